The highest BCUT2D eigenvalue weighted by Crippen LogP contribution is 2.31. The third-order valence-corrected chi connectivity index (χ3v) is 5.26. The van der Waals surface area contributed by atoms with Crippen LogP contribution >= 0.6 is 11.3 Å². The molecule has 1 unspecified atom stereocenters. The van der Waals surface area contributed by atoms with Gasteiger partial charge in [0.15, 0.2) is 11.5 Å². The molecule has 1 amide bonds. The molecule has 2 aromatic carbocycles. The number of nitrogens with one attached hydrogen (secondary N) is 1. The summed E-state index contributed by atoms with van der Waals surface area (Å²) in [5, 5.41) is 2.87. The fraction of sp³-hybridized carbons (Fsp3) is 0.136. The lowest BCUT2D eigenvalue weighted by molar-refractivity contribution is -0.116. The van der Waals surface area contributed by atoms with Crippen LogP contribution in [0.25, 0.3) is 16.5 Å². The Morgan fingerprint density at radius 3 is 2.67 bits per heavy atom. The van der Waals surface area contributed by atoms with Crippen molar-refractivity contribution in [3.05, 3.63) is 77.7 Å². The topological polar surface area (TPSA) is 47.6 Å². The molecule has 5 heteroatoms. The minimum atomic E-state index is -0.191. The Labute approximate surface area is 162 Å². The molecule has 2 heterocycles. The van der Waals surface area contributed by atoms with Crippen LogP contribution in [0.15, 0.2) is 72.8 Å². The van der Waals surface area contributed by atoms with Crippen LogP contribution in [0.2, 0.25) is 0 Å². The summed E-state index contributed by atoms with van der Waals surface area (Å²) in [5.41, 5.74) is 1.18. The Bertz CT molecular complexity index is 949. The zero-order valence-electron chi connectivity index (χ0n) is 14.6. The number of ether oxygens (including phenoxy) is 2. The maximum atomic E-state index is 12.1. The van der Waals surface area contributed by atoms with Crippen LogP contribution in [0.3, 0.4) is 0 Å². The van der Waals surface area contributed by atoms with E-state index in [4.69, 9.17) is 9.47 Å². The Morgan fingerprint density at radius 1 is 1.04 bits per heavy atom. The van der Waals surface area contributed by atoms with Crippen molar-refractivity contribution in [2.24, 2.45) is 0 Å². The largest absolute Gasteiger partial charge is 0.486 e. The molecule has 0 aliphatic carbocycles. The number of thiophene rings is 1. The number of amides is 1. The van der Waals surface area contributed by atoms with Gasteiger partial charge in [-0.2, -0.15) is 0 Å². The molecule has 1 aromatic heterocycles. The van der Waals surface area contributed by atoms with E-state index in [0.29, 0.717) is 18.9 Å². The molecular formula is C22H19NO3S. The van der Waals surface area contributed by atoms with Crippen LogP contribution in [0.4, 0.5) is 0 Å². The van der Waals surface area contributed by atoms with Crippen LogP contribution in [0.5, 0.6) is 11.5 Å². The Kier molecular flexibility index (Phi) is 5.21. The summed E-state index contributed by atoms with van der Waals surface area (Å²) >= 11 is 1.65. The molecule has 1 N–H and O–H groups in total. The van der Waals surface area contributed by atoms with Crippen molar-refractivity contribution in [3.63, 3.8) is 0 Å². The molecular weight excluding hydrogens is 358 g/mol. The van der Waals surface area contributed by atoms with Gasteiger partial charge in [0.25, 0.3) is 0 Å². The van der Waals surface area contributed by atoms with E-state index < -0.39 is 0 Å². The van der Waals surface area contributed by atoms with Crippen molar-refractivity contribution >= 4 is 23.3 Å². The molecule has 0 fully saturated rings. The van der Waals surface area contributed by atoms with E-state index in [9.17, 15) is 4.79 Å². The molecule has 3 aromatic rings. The number of hydrogen-bond acceptors (Lipinski definition) is 4. The Hall–Kier alpha value is -3.05. The first-order chi connectivity index (χ1) is 13.3. The van der Waals surface area contributed by atoms with Gasteiger partial charge in [-0.15, -0.1) is 11.3 Å². The molecule has 0 saturated heterocycles. The number of para-hydroxylation sites is 2. The quantitative estimate of drug-likeness (QED) is 0.671. The molecule has 136 valence electrons. The monoisotopic (exact) mass is 377 g/mol. The minimum Gasteiger partial charge on any atom is -0.486 e. The average Bonchev–Trinajstić information content (AvgIpc) is 3.20. The van der Waals surface area contributed by atoms with Gasteiger partial charge < -0.3 is 14.8 Å². The highest BCUT2D eigenvalue weighted by molar-refractivity contribution is 7.16. The summed E-state index contributed by atoms with van der Waals surface area (Å²) in [6.07, 6.45) is 3.20. The van der Waals surface area contributed by atoms with Gasteiger partial charge in [-0.25, -0.2) is 0 Å². The highest BCUT2D eigenvalue weighted by atomic mass is 32.1. The van der Waals surface area contributed by atoms with E-state index in [1.165, 1.54) is 10.4 Å². The Balaban J connectivity index is 1.29. The normalized spacial score (nSPS) is 15.6. The smallest absolute Gasteiger partial charge is 0.244 e. The Morgan fingerprint density at radius 2 is 1.81 bits per heavy atom. The summed E-state index contributed by atoms with van der Waals surface area (Å²) in [6, 6.07) is 21.8. The second-order valence-electron chi connectivity index (χ2n) is 6.14. The molecule has 4 rings (SSSR count). The fourth-order valence-electron chi connectivity index (χ4n) is 2.79. The van der Waals surface area contributed by atoms with Gasteiger partial charge in [0.1, 0.15) is 12.7 Å². The van der Waals surface area contributed by atoms with Crippen LogP contribution < -0.4 is 14.8 Å². The maximum absolute atomic E-state index is 12.1. The van der Waals surface area contributed by atoms with E-state index in [2.05, 4.69) is 23.5 Å². The summed E-state index contributed by atoms with van der Waals surface area (Å²) in [7, 11) is 0. The first kappa shape index (κ1) is 17.4. The number of hydrogen-bond donors (Lipinski definition) is 1. The summed E-state index contributed by atoms with van der Waals surface area (Å²) in [4.78, 5) is 14.3. The van der Waals surface area contributed by atoms with E-state index in [-0.39, 0.29) is 12.0 Å². The van der Waals surface area contributed by atoms with Crippen LogP contribution in [-0.2, 0) is 4.79 Å². The van der Waals surface area contributed by atoms with Crippen molar-refractivity contribution in [3.8, 4) is 21.9 Å². The van der Waals surface area contributed by atoms with Crippen molar-refractivity contribution in [2.75, 3.05) is 13.2 Å². The van der Waals surface area contributed by atoms with Gasteiger partial charge >= 0.3 is 0 Å². The van der Waals surface area contributed by atoms with Gasteiger partial charge in [-0.3, -0.25) is 4.79 Å². The van der Waals surface area contributed by atoms with Crippen molar-refractivity contribution < 1.29 is 14.3 Å². The molecule has 0 saturated carbocycles. The number of carbonyl (C=O) groups excluding carboxylic acids is 1. The number of fused-ring (bicyclic) bond motifs is 1. The third-order valence-electron chi connectivity index (χ3n) is 4.16. The highest BCUT2D eigenvalue weighted by Gasteiger charge is 2.20. The molecule has 4 nitrogen and oxygen atoms in total. The molecule has 0 bridgehead atoms. The lowest BCUT2D eigenvalue weighted by Gasteiger charge is -2.26. The van der Waals surface area contributed by atoms with Crippen LogP contribution in [0, 0.1) is 0 Å². The van der Waals surface area contributed by atoms with Crippen molar-refractivity contribution in [1.82, 2.24) is 5.32 Å². The first-order valence-electron chi connectivity index (χ1n) is 8.77. The lowest BCUT2D eigenvalue weighted by atomic mass is 10.2. The second kappa shape index (κ2) is 8.10. The zero-order chi connectivity index (χ0) is 18.5. The first-order valence-corrected chi connectivity index (χ1v) is 9.59. The molecule has 0 radical (unpaired) electrons. The van der Waals surface area contributed by atoms with E-state index in [1.807, 2.05) is 54.6 Å². The van der Waals surface area contributed by atoms with E-state index in [0.717, 1.165) is 10.6 Å². The number of benzene rings is 2. The third kappa shape index (κ3) is 4.38. The SMILES string of the molecule is O=C(/C=C/c1ccc(-c2ccccc2)s1)NCC1COc2ccccc2O1. The van der Waals surface area contributed by atoms with Gasteiger partial charge in [0, 0.05) is 15.8 Å². The molecule has 1 aliphatic rings. The van der Waals surface area contributed by atoms with Gasteiger partial charge in [0.2, 0.25) is 5.91 Å². The fourth-order valence-corrected chi connectivity index (χ4v) is 3.71. The van der Waals surface area contributed by atoms with Crippen molar-refractivity contribution in [1.29, 1.82) is 0 Å². The summed E-state index contributed by atoms with van der Waals surface area (Å²) in [5.74, 6) is 1.31. The van der Waals surface area contributed by atoms with Crippen LogP contribution in [0.1, 0.15) is 4.88 Å². The van der Waals surface area contributed by atoms with Crippen LogP contribution in [-0.4, -0.2) is 25.2 Å². The number of carbonyl (C=O) groups is 1. The standard InChI is InChI=1S/C22H19NO3S/c24-22(23-14-17-15-25-19-8-4-5-9-20(19)26-17)13-11-18-10-12-21(27-18)16-6-2-1-3-7-16/h1-13,17H,14-15H2,(H,23,24)/b13-11+. The van der Waals surface area contributed by atoms with Gasteiger partial charge in [-0.1, -0.05) is 42.5 Å². The molecule has 0 spiro atoms. The summed E-state index contributed by atoms with van der Waals surface area (Å²) < 4.78 is 11.5. The predicted octanol–water partition coefficient (Wildman–Crippen LogP) is 4.38. The second-order valence-corrected chi connectivity index (χ2v) is 7.26. The average molecular weight is 377 g/mol. The predicted molar refractivity (Wildman–Crippen MR) is 108 cm³/mol. The van der Waals surface area contributed by atoms with Gasteiger partial charge in [-0.05, 0) is 35.9 Å². The molecule has 1 atom stereocenters. The van der Waals surface area contributed by atoms with E-state index >= 15 is 0 Å². The molecule has 27 heavy (non-hydrogen) atoms. The van der Waals surface area contributed by atoms with Crippen molar-refractivity contribution in [2.45, 2.75) is 6.10 Å². The number of rotatable bonds is 5. The van der Waals surface area contributed by atoms with Gasteiger partial charge in [0.05, 0.1) is 6.54 Å². The lowest BCUT2D eigenvalue weighted by Crippen LogP contribution is -2.40. The minimum absolute atomic E-state index is 0.146. The van der Waals surface area contributed by atoms with E-state index in [1.54, 1.807) is 17.4 Å². The summed E-state index contributed by atoms with van der Waals surface area (Å²) in [6.45, 7) is 0.823. The maximum Gasteiger partial charge on any atom is 0.244 e. The zero-order valence-corrected chi connectivity index (χ0v) is 15.4. The molecule has 1 aliphatic heterocycles.